The molecule has 96 valence electrons. The van der Waals surface area contributed by atoms with E-state index in [9.17, 15) is 9.59 Å². The Kier molecular flexibility index (Phi) is 4.20. The van der Waals surface area contributed by atoms with Crippen LogP contribution < -0.4 is 0 Å². The molecule has 0 saturated carbocycles. The standard InChI is InChI=1S/C13H14ClNO3/c14-12(16)11-7-4-8-15(11)13(17)18-9-10-5-2-1-3-6-10/h1-3,5-6,11H,4,7-9H2/t11-/m1/s1. The monoisotopic (exact) mass is 267 g/mol. The summed E-state index contributed by atoms with van der Waals surface area (Å²) in [5.41, 5.74) is 0.916. The van der Waals surface area contributed by atoms with Gasteiger partial charge in [-0.05, 0) is 30.0 Å². The first-order valence-electron chi connectivity index (χ1n) is 5.85. The lowest BCUT2D eigenvalue weighted by Crippen LogP contribution is -2.39. The third kappa shape index (κ3) is 3.01. The van der Waals surface area contributed by atoms with Gasteiger partial charge in [-0.3, -0.25) is 9.69 Å². The third-order valence-corrected chi connectivity index (χ3v) is 3.21. The first kappa shape index (κ1) is 12.9. The minimum atomic E-state index is -0.532. The van der Waals surface area contributed by atoms with Crippen LogP contribution in [0, 0.1) is 0 Å². The molecule has 18 heavy (non-hydrogen) atoms. The van der Waals surface area contributed by atoms with Gasteiger partial charge in [0.15, 0.2) is 0 Å². The fraction of sp³-hybridized carbons (Fsp3) is 0.385. The van der Waals surface area contributed by atoms with Crippen LogP contribution in [0.2, 0.25) is 0 Å². The van der Waals surface area contributed by atoms with Gasteiger partial charge in [-0.1, -0.05) is 30.3 Å². The SMILES string of the molecule is O=C(Cl)[C@H]1CCCN1C(=O)OCc1ccccc1. The highest BCUT2D eigenvalue weighted by Gasteiger charge is 2.34. The van der Waals surface area contributed by atoms with Gasteiger partial charge in [0.1, 0.15) is 12.6 Å². The van der Waals surface area contributed by atoms with Crippen molar-refractivity contribution in [1.82, 2.24) is 4.90 Å². The molecule has 1 heterocycles. The molecule has 0 spiro atoms. The molecular formula is C13H14ClNO3. The van der Waals surface area contributed by atoms with E-state index in [1.54, 1.807) is 0 Å². The average Bonchev–Trinajstić information content (AvgIpc) is 2.86. The normalized spacial score (nSPS) is 18.7. The molecule has 0 aliphatic carbocycles. The van der Waals surface area contributed by atoms with Crippen LogP contribution in [0.25, 0.3) is 0 Å². The topological polar surface area (TPSA) is 46.6 Å². The number of carbonyl (C=O) groups is 2. The van der Waals surface area contributed by atoms with Crippen molar-refractivity contribution < 1.29 is 14.3 Å². The highest BCUT2D eigenvalue weighted by molar-refractivity contribution is 6.64. The predicted octanol–water partition coefficient (Wildman–Crippen LogP) is 2.55. The van der Waals surface area contributed by atoms with Gasteiger partial charge in [0, 0.05) is 6.54 Å². The number of ether oxygens (including phenoxy) is 1. The average molecular weight is 268 g/mol. The molecule has 0 aromatic heterocycles. The van der Waals surface area contributed by atoms with Gasteiger partial charge in [0.25, 0.3) is 0 Å². The highest BCUT2D eigenvalue weighted by Crippen LogP contribution is 2.20. The summed E-state index contributed by atoms with van der Waals surface area (Å²) < 4.78 is 5.17. The zero-order chi connectivity index (χ0) is 13.0. The van der Waals surface area contributed by atoms with Gasteiger partial charge < -0.3 is 4.74 Å². The Bertz CT molecular complexity index is 435. The molecule has 2 rings (SSSR count). The van der Waals surface area contributed by atoms with Crippen LogP contribution >= 0.6 is 11.6 Å². The van der Waals surface area contributed by atoms with E-state index in [-0.39, 0.29) is 6.61 Å². The van der Waals surface area contributed by atoms with E-state index in [1.165, 1.54) is 4.90 Å². The second-order valence-electron chi connectivity index (χ2n) is 4.20. The van der Waals surface area contributed by atoms with Crippen molar-refractivity contribution in [3.05, 3.63) is 35.9 Å². The van der Waals surface area contributed by atoms with Crippen LogP contribution in [0.3, 0.4) is 0 Å². The second kappa shape index (κ2) is 5.87. The van der Waals surface area contributed by atoms with E-state index < -0.39 is 17.4 Å². The third-order valence-electron chi connectivity index (χ3n) is 2.95. The van der Waals surface area contributed by atoms with Crippen molar-refractivity contribution in [3.8, 4) is 0 Å². The highest BCUT2D eigenvalue weighted by atomic mass is 35.5. The van der Waals surface area contributed by atoms with Gasteiger partial charge in [-0.25, -0.2) is 4.79 Å². The molecule has 1 aromatic carbocycles. The summed E-state index contributed by atoms with van der Waals surface area (Å²) in [6.07, 6.45) is 0.919. The van der Waals surface area contributed by atoms with E-state index >= 15 is 0 Å². The zero-order valence-electron chi connectivity index (χ0n) is 9.84. The molecule has 1 fully saturated rings. The maximum atomic E-state index is 11.8. The molecule has 0 radical (unpaired) electrons. The Morgan fingerprint density at radius 1 is 1.33 bits per heavy atom. The minimum Gasteiger partial charge on any atom is -0.445 e. The Balaban J connectivity index is 1.90. The van der Waals surface area contributed by atoms with Crippen molar-refractivity contribution in [1.29, 1.82) is 0 Å². The summed E-state index contributed by atoms with van der Waals surface area (Å²) in [7, 11) is 0. The summed E-state index contributed by atoms with van der Waals surface area (Å²) in [4.78, 5) is 24.4. The molecule has 0 bridgehead atoms. The molecule has 1 atom stereocenters. The van der Waals surface area contributed by atoms with Gasteiger partial charge in [0.05, 0.1) is 0 Å². The molecule has 5 heteroatoms. The number of halogens is 1. The lowest BCUT2D eigenvalue weighted by molar-refractivity contribution is -0.115. The fourth-order valence-corrected chi connectivity index (χ4v) is 2.25. The van der Waals surface area contributed by atoms with E-state index in [0.29, 0.717) is 13.0 Å². The molecule has 1 aliphatic heterocycles. The molecule has 4 nitrogen and oxygen atoms in total. The molecule has 0 N–H and O–H groups in total. The lowest BCUT2D eigenvalue weighted by atomic mass is 10.2. The van der Waals surface area contributed by atoms with Crippen LogP contribution in [0.15, 0.2) is 30.3 Å². The Morgan fingerprint density at radius 3 is 2.72 bits per heavy atom. The van der Waals surface area contributed by atoms with Gasteiger partial charge in [-0.15, -0.1) is 0 Å². The molecular weight excluding hydrogens is 254 g/mol. The number of amides is 1. The quantitative estimate of drug-likeness (QED) is 0.791. The van der Waals surface area contributed by atoms with Crippen molar-refractivity contribution in [2.24, 2.45) is 0 Å². The van der Waals surface area contributed by atoms with Crippen LogP contribution in [0.5, 0.6) is 0 Å². The smallest absolute Gasteiger partial charge is 0.410 e. The van der Waals surface area contributed by atoms with Crippen molar-refractivity contribution in [2.75, 3.05) is 6.54 Å². The van der Waals surface area contributed by atoms with E-state index in [2.05, 4.69) is 0 Å². The first-order chi connectivity index (χ1) is 8.68. The molecule has 1 amide bonds. The number of hydrogen-bond acceptors (Lipinski definition) is 3. The minimum absolute atomic E-state index is 0.208. The van der Waals surface area contributed by atoms with Crippen molar-refractivity contribution in [2.45, 2.75) is 25.5 Å². The Labute approximate surface area is 110 Å². The van der Waals surface area contributed by atoms with Gasteiger partial charge in [-0.2, -0.15) is 0 Å². The lowest BCUT2D eigenvalue weighted by Gasteiger charge is -2.20. The molecule has 1 aromatic rings. The van der Waals surface area contributed by atoms with Gasteiger partial charge in [0.2, 0.25) is 5.24 Å². The first-order valence-corrected chi connectivity index (χ1v) is 6.23. The molecule has 1 saturated heterocycles. The number of carbonyl (C=O) groups excluding carboxylic acids is 2. The predicted molar refractivity (Wildman–Crippen MR) is 67.2 cm³/mol. The zero-order valence-corrected chi connectivity index (χ0v) is 10.6. The summed E-state index contributed by atoms with van der Waals surface area (Å²) in [6.45, 7) is 0.732. The summed E-state index contributed by atoms with van der Waals surface area (Å²) in [6, 6.07) is 8.88. The summed E-state index contributed by atoms with van der Waals surface area (Å²) in [5.74, 6) is 0. The summed E-state index contributed by atoms with van der Waals surface area (Å²) in [5, 5.41) is -0.496. The largest absolute Gasteiger partial charge is 0.445 e. The molecule has 1 aliphatic rings. The number of rotatable bonds is 3. The van der Waals surface area contributed by atoms with Crippen LogP contribution in [-0.4, -0.2) is 28.8 Å². The van der Waals surface area contributed by atoms with E-state index in [4.69, 9.17) is 16.3 Å². The summed E-state index contributed by atoms with van der Waals surface area (Å²) >= 11 is 5.45. The maximum absolute atomic E-state index is 11.8. The Morgan fingerprint density at radius 2 is 2.06 bits per heavy atom. The number of hydrogen-bond donors (Lipinski definition) is 0. The van der Waals surface area contributed by atoms with Crippen molar-refractivity contribution in [3.63, 3.8) is 0 Å². The number of likely N-dealkylation sites (tertiary alicyclic amines) is 1. The Hall–Kier alpha value is -1.55. The fourth-order valence-electron chi connectivity index (χ4n) is 2.02. The number of benzene rings is 1. The van der Waals surface area contributed by atoms with Crippen LogP contribution in [0.4, 0.5) is 4.79 Å². The van der Waals surface area contributed by atoms with E-state index in [0.717, 1.165) is 12.0 Å². The molecule has 0 unspecified atom stereocenters. The maximum Gasteiger partial charge on any atom is 0.410 e. The van der Waals surface area contributed by atoms with Gasteiger partial charge >= 0.3 is 6.09 Å². The van der Waals surface area contributed by atoms with Crippen molar-refractivity contribution >= 4 is 22.9 Å². The van der Waals surface area contributed by atoms with Crippen LogP contribution in [-0.2, 0) is 16.1 Å². The van der Waals surface area contributed by atoms with E-state index in [1.807, 2.05) is 30.3 Å². The second-order valence-corrected chi connectivity index (χ2v) is 4.57. The van der Waals surface area contributed by atoms with Crippen LogP contribution in [0.1, 0.15) is 18.4 Å². The number of nitrogens with zero attached hydrogens (tertiary/aromatic N) is 1.